The van der Waals surface area contributed by atoms with E-state index in [1.807, 2.05) is 54.6 Å². The van der Waals surface area contributed by atoms with Crippen LogP contribution in [0.3, 0.4) is 0 Å². The summed E-state index contributed by atoms with van der Waals surface area (Å²) >= 11 is 0. The maximum Gasteiger partial charge on any atom is 0.490 e. The Morgan fingerprint density at radius 1 is 0.800 bits per heavy atom. The summed E-state index contributed by atoms with van der Waals surface area (Å²) in [6.07, 6.45) is -10.4. The molecule has 0 saturated carbocycles. The number of hydrogen-bond acceptors (Lipinski definition) is 10. The smallest absolute Gasteiger partial charge is 0.490 e. The number of anilines is 2. The first-order valence-corrected chi connectivity index (χ1v) is 19.4. The Labute approximate surface area is 364 Å². The van der Waals surface area contributed by atoms with Crippen LogP contribution in [0.15, 0.2) is 102 Å². The van der Waals surface area contributed by atoms with E-state index < -0.39 is 42.3 Å². The van der Waals surface area contributed by atoms with Crippen molar-refractivity contribution in [1.29, 1.82) is 0 Å². The highest BCUT2D eigenvalue weighted by molar-refractivity contribution is 5.92. The molecular weight excluding hydrogens is 879 g/mol. The number of pyridine rings is 1. The second-order valence-electron chi connectivity index (χ2n) is 14.1. The molecule has 5 aromatic rings. The molecule has 348 valence electrons. The topological polar surface area (TPSA) is 231 Å². The number of nitrogens with zero attached hydrogens (tertiary/aromatic N) is 1. The minimum atomic E-state index is -5.08. The highest BCUT2D eigenvalue weighted by Gasteiger charge is 2.39. The van der Waals surface area contributed by atoms with E-state index in [1.54, 1.807) is 18.2 Å². The van der Waals surface area contributed by atoms with Gasteiger partial charge in [-0.2, -0.15) is 26.3 Å². The molecule has 65 heavy (non-hydrogen) atoms. The number of alkyl halides is 6. The number of carboxylic acid groups (broad SMARTS) is 2. The van der Waals surface area contributed by atoms with Gasteiger partial charge in [0.25, 0.3) is 0 Å². The van der Waals surface area contributed by atoms with E-state index in [1.165, 1.54) is 24.3 Å². The van der Waals surface area contributed by atoms with Gasteiger partial charge in [0.1, 0.15) is 17.7 Å². The average Bonchev–Trinajstić information content (AvgIpc) is 3.25. The maximum absolute atomic E-state index is 14.9. The highest BCUT2D eigenvalue weighted by Crippen LogP contribution is 2.30. The number of aliphatic hydroxyl groups is 1. The number of carbonyl (C=O) groups excluding carboxylic acids is 2. The molecule has 1 saturated heterocycles. The van der Waals surface area contributed by atoms with E-state index in [0.717, 1.165) is 11.1 Å². The van der Waals surface area contributed by atoms with Crippen molar-refractivity contribution >= 4 is 46.2 Å². The minimum absolute atomic E-state index is 0.0836. The van der Waals surface area contributed by atoms with Crippen LogP contribution in [0.2, 0.25) is 0 Å². The third-order valence-corrected chi connectivity index (χ3v) is 9.44. The molecule has 8 N–H and O–H groups in total. The van der Waals surface area contributed by atoms with Crippen LogP contribution in [-0.4, -0.2) is 98.9 Å². The van der Waals surface area contributed by atoms with E-state index in [-0.39, 0.29) is 54.0 Å². The fourth-order valence-corrected chi connectivity index (χ4v) is 6.26. The van der Waals surface area contributed by atoms with Crippen molar-refractivity contribution in [3.05, 3.63) is 124 Å². The monoisotopic (exact) mass is 921 g/mol. The number of amides is 2. The second-order valence-corrected chi connectivity index (χ2v) is 14.1. The second kappa shape index (κ2) is 23.1. The molecule has 22 heteroatoms. The Morgan fingerprint density at radius 3 is 2.03 bits per heavy atom. The van der Waals surface area contributed by atoms with Gasteiger partial charge >= 0.3 is 30.4 Å². The number of hydrogen-bond donors (Lipinski definition) is 8. The van der Waals surface area contributed by atoms with Crippen LogP contribution in [-0.2, 0) is 25.7 Å². The Morgan fingerprint density at radius 2 is 1.42 bits per heavy atom. The molecule has 0 aliphatic carbocycles. The number of aliphatic carboxylic acids is 2. The van der Waals surface area contributed by atoms with Gasteiger partial charge in [0.2, 0.25) is 11.5 Å². The lowest BCUT2D eigenvalue weighted by Crippen LogP contribution is -2.39. The van der Waals surface area contributed by atoms with Gasteiger partial charge < -0.3 is 45.7 Å². The molecule has 15 nitrogen and oxygen atoms in total. The first-order valence-electron chi connectivity index (χ1n) is 19.4. The van der Waals surface area contributed by atoms with Crippen LogP contribution in [0.1, 0.15) is 36.5 Å². The van der Waals surface area contributed by atoms with Gasteiger partial charge in [0.05, 0.1) is 23.0 Å². The molecule has 0 bridgehead atoms. The molecule has 1 aliphatic heterocycles. The maximum atomic E-state index is 14.9. The number of piperidine rings is 1. The lowest BCUT2D eigenvalue weighted by atomic mass is 10.0. The zero-order chi connectivity index (χ0) is 47.9. The summed E-state index contributed by atoms with van der Waals surface area (Å²) < 4.78 is 84.1. The summed E-state index contributed by atoms with van der Waals surface area (Å²) in [5.41, 5.74) is 3.69. The average molecular weight is 922 g/mol. The number of halogens is 7. The summed E-state index contributed by atoms with van der Waals surface area (Å²) in [5, 5.41) is 44.2. The van der Waals surface area contributed by atoms with Gasteiger partial charge in [0.15, 0.2) is 0 Å². The van der Waals surface area contributed by atoms with Crippen LogP contribution in [0.5, 0.6) is 5.75 Å². The summed E-state index contributed by atoms with van der Waals surface area (Å²) in [6, 6.07) is 27.8. The molecule has 1 aliphatic rings. The number of likely N-dealkylation sites (tertiary alicyclic amines) is 1. The third kappa shape index (κ3) is 15.9. The summed E-state index contributed by atoms with van der Waals surface area (Å²) in [7, 11) is 0. The molecule has 0 spiro atoms. The van der Waals surface area contributed by atoms with Crippen LogP contribution in [0, 0.1) is 5.82 Å². The van der Waals surface area contributed by atoms with Crippen molar-refractivity contribution < 1.29 is 75.1 Å². The first-order chi connectivity index (χ1) is 30.6. The van der Waals surface area contributed by atoms with Gasteiger partial charge in [-0.15, -0.1) is 0 Å². The number of aromatic amines is 1. The number of carbonyl (C=O) groups is 4. The summed E-state index contributed by atoms with van der Waals surface area (Å²) in [5.74, 6) is -6.48. The van der Waals surface area contributed by atoms with E-state index in [9.17, 15) is 55.3 Å². The molecule has 1 aromatic heterocycles. The number of aliphatic hydroxyl groups excluding tert-OH is 1. The van der Waals surface area contributed by atoms with E-state index in [0.29, 0.717) is 54.7 Å². The van der Waals surface area contributed by atoms with Crippen LogP contribution in [0.25, 0.3) is 22.0 Å². The number of para-hydroxylation sites is 1. The highest BCUT2D eigenvalue weighted by atomic mass is 19.4. The van der Waals surface area contributed by atoms with Crippen LogP contribution in [0.4, 0.5) is 46.9 Å². The first kappa shape index (κ1) is 50.6. The van der Waals surface area contributed by atoms with Gasteiger partial charge in [-0.1, -0.05) is 60.7 Å². The minimum Gasteiger partial charge on any atom is -0.506 e. The van der Waals surface area contributed by atoms with Gasteiger partial charge in [0, 0.05) is 56.2 Å². The fourth-order valence-electron chi connectivity index (χ4n) is 6.26. The molecule has 0 radical (unpaired) electrons. The molecule has 2 heterocycles. The predicted octanol–water partition coefficient (Wildman–Crippen LogP) is 7.17. The van der Waals surface area contributed by atoms with E-state index >= 15 is 0 Å². The molecule has 2 amide bonds. The Bertz CT molecular complexity index is 2450. The Hall–Kier alpha value is -7.04. The number of H-pyrrole nitrogens is 1. The number of fused-ring (bicyclic) bond motifs is 1. The molecule has 1 fully saturated rings. The normalized spacial score (nSPS) is 13.6. The standard InChI is InChI=1S/C39H40FN5O6.2C2HF3O2/c40-31-22-25(23-41-24-35(47)29-11-14-34(46)38-30(29)12-15-36(48)44-38)10-13-33(31)42-37(49)18-21-45-19-16-27(17-20-45)51-39(50)43-32-9-5-4-8-28(32)26-6-2-1-3-7-26;2*3-2(4,5)1(6)7/h1-15,22,27,35,41,46-47H,16-21,23-24H2,(H,42,49)(H,43,50)(H,44,48);2*(H,6,7)/t35-;;/m0../s1. The lowest BCUT2D eigenvalue weighted by Gasteiger charge is -2.31. The van der Waals surface area contributed by atoms with Crippen molar-refractivity contribution in [2.45, 2.75) is 50.4 Å². The van der Waals surface area contributed by atoms with Gasteiger partial charge in [-0.3, -0.25) is 14.9 Å². The number of benzene rings is 4. The fraction of sp³-hybridized carbons (Fsp3) is 0.279. The molecule has 1 atom stereocenters. The number of rotatable bonds is 12. The quantitative estimate of drug-likeness (QED) is 0.0583. The van der Waals surface area contributed by atoms with Crippen molar-refractivity contribution in [3.8, 4) is 16.9 Å². The van der Waals surface area contributed by atoms with Crippen molar-refractivity contribution in [2.24, 2.45) is 0 Å². The Balaban J connectivity index is 0.000000572. The number of nitrogens with one attached hydrogen (secondary N) is 4. The third-order valence-electron chi connectivity index (χ3n) is 9.44. The van der Waals surface area contributed by atoms with E-state index in [4.69, 9.17) is 24.5 Å². The largest absolute Gasteiger partial charge is 0.506 e. The van der Waals surface area contributed by atoms with Crippen LogP contribution >= 0.6 is 0 Å². The molecule has 6 rings (SSSR count). The number of aromatic nitrogens is 1. The van der Waals surface area contributed by atoms with Gasteiger partial charge in [-0.05, 0) is 59.9 Å². The molecule has 0 unspecified atom stereocenters. The SMILES string of the molecule is O=C(CCN1CCC(OC(=O)Nc2ccccc2-c2ccccc2)CC1)Nc1ccc(CNC[C@H](O)c2ccc(O)c3[nH]c(=O)ccc23)cc1F.O=C(O)C(F)(F)F.O=C(O)C(F)(F)F. The zero-order valence-electron chi connectivity index (χ0n) is 33.9. The van der Waals surface area contributed by atoms with Crippen LogP contribution < -0.4 is 21.5 Å². The summed E-state index contributed by atoms with van der Waals surface area (Å²) in [6.45, 7) is 2.22. The molecule has 4 aromatic carbocycles. The number of ether oxygens (including phenoxy) is 1. The number of carboxylic acids is 2. The summed E-state index contributed by atoms with van der Waals surface area (Å²) in [4.78, 5) is 59.5. The van der Waals surface area contributed by atoms with Crippen molar-refractivity contribution in [3.63, 3.8) is 0 Å². The number of phenols is 1. The Kier molecular flexibility index (Phi) is 17.9. The van der Waals surface area contributed by atoms with Crippen molar-refractivity contribution in [2.75, 3.05) is 36.8 Å². The lowest BCUT2D eigenvalue weighted by molar-refractivity contribution is -0.193. The number of aromatic hydroxyl groups is 1. The zero-order valence-corrected chi connectivity index (χ0v) is 33.9. The molecular formula is C43H42F7N5O10. The predicted molar refractivity (Wildman–Crippen MR) is 221 cm³/mol. The number of phenolic OH excluding ortho intramolecular Hbond substituents is 1. The van der Waals surface area contributed by atoms with Gasteiger partial charge in [-0.25, -0.2) is 18.8 Å². The van der Waals surface area contributed by atoms with E-state index in [2.05, 4.69) is 25.8 Å². The van der Waals surface area contributed by atoms with Crippen molar-refractivity contribution in [1.82, 2.24) is 15.2 Å².